The predicted octanol–water partition coefficient (Wildman–Crippen LogP) is 0.121. The molecule has 2 rings (SSSR count). The Labute approximate surface area is 96.7 Å². The molecule has 2 saturated heterocycles. The van der Waals surface area contributed by atoms with Gasteiger partial charge < -0.3 is 19.9 Å². The van der Waals surface area contributed by atoms with E-state index < -0.39 is 0 Å². The van der Waals surface area contributed by atoms with Crippen LogP contribution in [0.5, 0.6) is 0 Å². The molecule has 2 aliphatic heterocycles. The molecule has 0 aromatic rings. The number of hydrogen-bond acceptors (Lipinski definition) is 3. The van der Waals surface area contributed by atoms with Gasteiger partial charge in [-0.15, -0.1) is 0 Å². The Balaban J connectivity index is 1.75. The van der Waals surface area contributed by atoms with Crippen LogP contribution in [0, 0.1) is 0 Å². The third kappa shape index (κ3) is 2.47. The van der Waals surface area contributed by atoms with Crippen LogP contribution in [-0.4, -0.2) is 67.8 Å². The van der Waals surface area contributed by atoms with E-state index in [1.54, 1.807) is 4.90 Å². The van der Waals surface area contributed by atoms with Crippen molar-refractivity contribution in [2.24, 2.45) is 0 Å². The largest absolute Gasteiger partial charge is 0.376 e. The molecule has 2 aliphatic rings. The van der Waals surface area contributed by atoms with Gasteiger partial charge in [0, 0.05) is 39.3 Å². The van der Waals surface area contributed by atoms with E-state index in [1.807, 2.05) is 11.9 Å². The molecule has 0 radical (unpaired) electrons. The average molecular weight is 227 g/mol. The van der Waals surface area contributed by atoms with Crippen LogP contribution in [-0.2, 0) is 4.74 Å². The summed E-state index contributed by atoms with van der Waals surface area (Å²) < 4.78 is 5.61. The summed E-state index contributed by atoms with van der Waals surface area (Å²) in [7, 11) is 1.87. The molecule has 0 aromatic carbocycles. The number of carbonyl (C=O) groups is 1. The van der Waals surface area contributed by atoms with Gasteiger partial charge in [0.25, 0.3) is 0 Å². The number of amides is 2. The van der Waals surface area contributed by atoms with Gasteiger partial charge in [0.15, 0.2) is 0 Å². The lowest BCUT2D eigenvalue weighted by molar-refractivity contribution is 0.0200. The zero-order valence-electron chi connectivity index (χ0n) is 10.1. The number of ether oxygens (including phenoxy) is 1. The van der Waals surface area contributed by atoms with E-state index >= 15 is 0 Å². The lowest BCUT2D eigenvalue weighted by atomic mass is 10.2. The predicted molar refractivity (Wildman–Crippen MR) is 61.4 cm³/mol. The second kappa shape index (κ2) is 5.01. The maximum Gasteiger partial charge on any atom is 0.320 e. The molecule has 5 nitrogen and oxygen atoms in total. The van der Waals surface area contributed by atoms with Crippen molar-refractivity contribution in [3.05, 3.63) is 0 Å². The fourth-order valence-electron chi connectivity index (χ4n) is 2.22. The van der Waals surface area contributed by atoms with E-state index in [0.29, 0.717) is 6.04 Å². The van der Waals surface area contributed by atoms with Crippen molar-refractivity contribution < 1.29 is 9.53 Å². The zero-order chi connectivity index (χ0) is 11.5. The van der Waals surface area contributed by atoms with Crippen molar-refractivity contribution in [3.63, 3.8) is 0 Å². The molecule has 2 fully saturated rings. The van der Waals surface area contributed by atoms with Crippen molar-refractivity contribution in [1.82, 2.24) is 15.1 Å². The van der Waals surface area contributed by atoms with Crippen molar-refractivity contribution >= 4 is 6.03 Å². The molecule has 16 heavy (non-hydrogen) atoms. The molecule has 1 N–H and O–H groups in total. The van der Waals surface area contributed by atoms with Gasteiger partial charge in [-0.3, -0.25) is 0 Å². The van der Waals surface area contributed by atoms with E-state index in [1.165, 1.54) is 0 Å². The highest BCUT2D eigenvalue weighted by Crippen LogP contribution is 2.14. The fraction of sp³-hybridized carbons (Fsp3) is 0.909. The van der Waals surface area contributed by atoms with Crippen LogP contribution in [0.25, 0.3) is 0 Å². The first-order valence-corrected chi connectivity index (χ1v) is 6.02. The van der Waals surface area contributed by atoms with Crippen molar-refractivity contribution in [2.75, 3.05) is 39.8 Å². The summed E-state index contributed by atoms with van der Waals surface area (Å²) in [6.07, 6.45) is 1.20. The molecule has 2 amide bonds. The van der Waals surface area contributed by atoms with E-state index in [0.717, 1.165) is 39.2 Å². The normalized spacial score (nSPS) is 31.2. The summed E-state index contributed by atoms with van der Waals surface area (Å²) in [5, 5.41) is 3.30. The summed E-state index contributed by atoms with van der Waals surface area (Å²) >= 11 is 0. The number of urea groups is 1. The number of carbonyl (C=O) groups excluding carboxylic acids is 1. The van der Waals surface area contributed by atoms with Gasteiger partial charge in [-0.25, -0.2) is 4.79 Å². The Hall–Kier alpha value is -0.810. The number of nitrogens with zero attached hydrogens (tertiary/aromatic N) is 2. The van der Waals surface area contributed by atoms with E-state index in [9.17, 15) is 4.79 Å². The minimum absolute atomic E-state index is 0.149. The number of morpholine rings is 1. The van der Waals surface area contributed by atoms with Gasteiger partial charge in [-0.2, -0.15) is 0 Å². The Kier molecular flexibility index (Phi) is 3.66. The molecular weight excluding hydrogens is 206 g/mol. The van der Waals surface area contributed by atoms with Gasteiger partial charge in [0.05, 0.1) is 12.7 Å². The van der Waals surface area contributed by atoms with Crippen molar-refractivity contribution in [2.45, 2.75) is 25.5 Å². The molecule has 5 heteroatoms. The van der Waals surface area contributed by atoms with Gasteiger partial charge in [-0.1, -0.05) is 0 Å². The summed E-state index contributed by atoms with van der Waals surface area (Å²) in [6, 6.07) is 0.481. The molecule has 2 atom stereocenters. The zero-order valence-corrected chi connectivity index (χ0v) is 10.1. The first-order valence-electron chi connectivity index (χ1n) is 6.02. The number of nitrogens with one attached hydrogen (secondary N) is 1. The lowest BCUT2D eigenvalue weighted by Crippen LogP contribution is -2.41. The Bertz CT molecular complexity index is 254. The van der Waals surface area contributed by atoms with Gasteiger partial charge in [-0.05, 0) is 13.3 Å². The van der Waals surface area contributed by atoms with Crippen LogP contribution in [0.15, 0.2) is 0 Å². The minimum Gasteiger partial charge on any atom is -0.376 e. The molecule has 92 valence electrons. The molecule has 2 heterocycles. The topological polar surface area (TPSA) is 44.8 Å². The standard InChI is InChI=1S/C11H21N3O2/c1-9-8-14(11(15)13(9)2)5-3-10-7-12-4-6-16-10/h9-10,12H,3-8H2,1-2H3. The maximum atomic E-state index is 11.8. The SMILES string of the molecule is CC1CN(CCC2CNCCO2)C(=O)N1C. The summed E-state index contributed by atoms with van der Waals surface area (Å²) in [5.41, 5.74) is 0. The van der Waals surface area contributed by atoms with Gasteiger partial charge >= 0.3 is 6.03 Å². The lowest BCUT2D eigenvalue weighted by Gasteiger charge is -2.25. The Morgan fingerprint density at radius 2 is 2.38 bits per heavy atom. The first kappa shape index (κ1) is 11.7. The minimum atomic E-state index is 0.149. The molecular formula is C11H21N3O2. The number of rotatable bonds is 3. The fourth-order valence-corrected chi connectivity index (χ4v) is 2.22. The van der Waals surface area contributed by atoms with Crippen LogP contribution in [0.4, 0.5) is 4.79 Å². The van der Waals surface area contributed by atoms with Crippen LogP contribution in [0.3, 0.4) is 0 Å². The van der Waals surface area contributed by atoms with Crippen LogP contribution in [0.1, 0.15) is 13.3 Å². The average Bonchev–Trinajstić information content (AvgIpc) is 2.56. The highest BCUT2D eigenvalue weighted by atomic mass is 16.5. The third-order valence-corrected chi connectivity index (χ3v) is 3.44. The van der Waals surface area contributed by atoms with Crippen molar-refractivity contribution in [1.29, 1.82) is 0 Å². The molecule has 2 unspecified atom stereocenters. The van der Waals surface area contributed by atoms with Crippen LogP contribution >= 0.6 is 0 Å². The van der Waals surface area contributed by atoms with Gasteiger partial charge in [0.1, 0.15) is 0 Å². The second-order valence-corrected chi connectivity index (χ2v) is 4.67. The third-order valence-electron chi connectivity index (χ3n) is 3.44. The Morgan fingerprint density at radius 1 is 1.56 bits per heavy atom. The molecule has 0 bridgehead atoms. The van der Waals surface area contributed by atoms with E-state index in [-0.39, 0.29) is 12.1 Å². The second-order valence-electron chi connectivity index (χ2n) is 4.67. The van der Waals surface area contributed by atoms with E-state index in [4.69, 9.17) is 4.74 Å². The molecule has 0 aromatic heterocycles. The van der Waals surface area contributed by atoms with Crippen LogP contribution in [0.2, 0.25) is 0 Å². The summed E-state index contributed by atoms with van der Waals surface area (Å²) in [5.74, 6) is 0. The highest BCUT2D eigenvalue weighted by molar-refractivity contribution is 5.76. The number of likely N-dealkylation sites (N-methyl/N-ethyl adjacent to an activating group) is 1. The van der Waals surface area contributed by atoms with Crippen molar-refractivity contribution in [3.8, 4) is 0 Å². The Morgan fingerprint density at radius 3 is 2.94 bits per heavy atom. The van der Waals surface area contributed by atoms with Crippen LogP contribution < -0.4 is 5.32 Å². The quantitative estimate of drug-likeness (QED) is 0.745. The summed E-state index contributed by atoms with van der Waals surface area (Å²) in [4.78, 5) is 15.5. The maximum absolute atomic E-state index is 11.8. The summed E-state index contributed by atoms with van der Waals surface area (Å²) in [6.45, 7) is 6.37. The molecule has 0 spiro atoms. The van der Waals surface area contributed by atoms with E-state index in [2.05, 4.69) is 12.2 Å². The highest BCUT2D eigenvalue weighted by Gasteiger charge is 2.31. The molecule has 0 aliphatic carbocycles. The number of hydrogen-bond donors (Lipinski definition) is 1. The molecule has 0 saturated carbocycles. The van der Waals surface area contributed by atoms with Gasteiger partial charge in [0.2, 0.25) is 0 Å². The first-order chi connectivity index (χ1) is 7.68. The smallest absolute Gasteiger partial charge is 0.320 e. The monoisotopic (exact) mass is 227 g/mol.